The first kappa shape index (κ1) is 14.8. The predicted molar refractivity (Wildman–Crippen MR) is 84.8 cm³/mol. The van der Waals surface area contributed by atoms with E-state index in [0.29, 0.717) is 21.5 Å². The van der Waals surface area contributed by atoms with E-state index in [2.05, 4.69) is 31.4 Å². The van der Waals surface area contributed by atoms with Gasteiger partial charge in [-0.05, 0) is 53.5 Å². The van der Waals surface area contributed by atoms with E-state index < -0.39 is 0 Å². The van der Waals surface area contributed by atoms with Crippen molar-refractivity contribution in [1.82, 2.24) is 10.2 Å². The molecular formula is C13H12BrFN4S. The van der Waals surface area contributed by atoms with Crippen molar-refractivity contribution in [3.05, 3.63) is 45.3 Å². The van der Waals surface area contributed by atoms with Crippen molar-refractivity contribution in [3.63, 3.8) is 0 Å². The normalized spacial score (nSPS) is 10.4. The highest BCUT2D eigenvalue weighted by molar-refractivity contribution is 9.10. The second-order valence-corrected chi connectivity index (χ2v) is 5.54. The SMILES string of the molecule is Cc1nnc(Nc2cc(F)ccc2Br)c(C(N)=S)c1C. The summed E-state index contributed by atoms with van der Waals surface area (Å²) in [5.41, 5.74) is 8.48. The van der Waals surface area contributed by atoms with Crippen LogP contribution in [0.3, 0.4) is 0 Å². The summed E-state index contributed by atoms with van der Waals surface area (Å²) < 4.78 is 14.0. The number of anilines is 2. The Hall–Kier alpha value is -1.60. The second-order valence-electron chi connectivity index (χ2n) is 4.25. The van der Waals surface area contributed by atoms with Crippen molar-refractivity contribution in [2.75, 3.05) is 5.32 Å². The Morgan fingerprint density at radius 1 is 1.35 bits per heavy atom. The summed E-state index contributed by atoms with van der Waals surface area (Å²) in [5, 5.41) is 11.1. The van der Waals surface area contributed by atoms with Gasteiger partial charge in [0.1, 0.15) is 10.8 Å². The largest absolute Gasteiger partial charge is 0.389 e. The number of benzene rings is 1. The smallest absolute Gasteiger partial charge is 0.163 e. The summed E-state index contributed by atoms with van der Waals surface area (Å²) in [4.78, 5) is 0.218. The van der Waals surface area contributed by atoms with Crippen LogP contribution in [0, 0.1) is 19.7 Å². The maximum atomic E-state index is 13.3. The average molecular weight is 355 g/mol. The van der Waals surface area contributed by atoms with E-state index in [9.17, 15) is 4.39 Å². The highest BCUT2D eigenvalue weighted by atomic mass is 79.9. The van der Waals surface area contributed by atoms with Crippen molar-refractivity contribution >= 4 is 44.6 Å². The molecule has 0 saturated heterocycles. The zero-order valence-electron chi connectivity index (χ0n) is 10.9. The second kappa shape index (κ2) is 5.80. The van der Waals surface area contributed by atoms with E-state index in [1.807, 2.05) is 13.8 Å². The standard InChI is InChI=1S/C13H12BrFN4S/c1-6-7(2)18-19-13(11(6)12(16)20)17-10-5-8(15)3-4-9(10)14/h3-5H,1-2H3,(H2,16,20)(H,17,19). The van der Waals surface area contributed by atoms with Crippen molar-refractivity contribution in [2.24, 2.45) is 5.73 Å². The first-order valence-corrected chi connectivity index (χ1v) is 6.96. The minimum atomic E-state index is -0.357. The van der Waals surface area contributed by atoms with Gasteiger partial charge in [-0.3, -0.25) is 0 Å². The molecule has 0 unspecified atom stereocenters. The van der Waals surface area contributed by atoms with Gasteiger partial charge < -0.3 is 11.1 Å². The fraction of sp³-hybridized carbons (Fsp3) is 0.154. The molecule has 0 aliphatic rings. The van der Waals surface area contributed by atoms with Crippen molar-refractivity contribution < 1.29 is 4.39 Å². The summed E-state index contributed by atoms with van der Waals surface area (Å²) in [6.45, 7) is 3.69. The van der Waals surface area contributed by atoms with Crippen LogP contribution in [0.25, 0.3) is 0 Å². The third kappa shape index (κ3) is 2.94. The number of thiocarbonyl (C=S) groups is 1. The molecule has 0 fully saturated rings. The number of aryl methyl sites for hydroxylation is 1. The van der Waals surface area contributed by atoms with E-state index >= 15 is 0 Å². The van der Waals surface area contributed by atoms with Gasteiger partial charge in [0, 0.05) is 4.47 Å². The first-order chi connectivity index (χ1) is 9.40. The fourth-order valence-electron chi connectivity index (χ4n) is 1.72. The van der Waals surface area contributed by atoms with E-state index in [1.165, 1.54) is 12.1 Å². The van der Waals surface area contributed by atoms with Crippen molar-refractivity contribution in [3.8, 4) is 0 Å². The zero-order valence-corrected chi connectivity index (χ0v) is 13.3. The molecule has 0 atom stereocenters. The molecular weight excluding hydrogens is 343 g/mol. The molecule has 0 aliphatic carbocycles. The van der Waals surface area contributed by atoms with Crippen LogP contribution >= 0.6 is 28.1 Å². The number of hydrogen-bond acceptors (Lipinski definition) is 4. The van der Waals surface area contributed by atoms with Crippen LogP contribution in [0.4, 0.5) is 15.9 Å². The maximum absolute atomic E-state index is 13.3. The molecule has 2 rings (SSSR count). The summed E-state index contributed by atoms with van der Waals surface area (Å²) in [5.74, 6) is 0.0521. The quantitative estimate of drug-likeness (QED) is 0.827. The van der Waals surface area contributed by atoms with Gasteiger partial charge in [0.05, 0.1) is 16.9 Å². The third-order valence-electron chi connectivity index (χ3n) is 2.88. The Labute approximate surface area is 129 Å². The first-order valence-electron chi connectivity index (χ1n) is 5.76. The number of aromatic nitrogens is 2. The van der Waals surface area contributed by atoms with Gasteiger partial charge in [0.15, 0.2) is 5.82 Å². The lowest BCUT2D eigenvalue weighted by atomic mass is 10.1. The molecule has 1 aromatic carbocycles. The number of halogens is 2. The number of hydrogen-bond donors (Lipinski definition) is 2. The van der Waals surface area contributed by atoms with E-state index in [0.717, 1.165) is 11.3 Å². The minimum absolute atomic E-state index is 0.218. The molecule has 1 aromatic heterocycles. The lowest BCUT2D eigenvalue weighted by Gasteiger charge is -2.14. The summed E-state index contributed by atoms with van der Waals surface area (Å²) in [7, 11) is 0. The Kier molecular flexibility index (Phi) is 4.29. The number of rotatable bonds is 3. The van der Waals surface area contributed by atoms with E-state index in [-0.39, 0.29) is 10.8 Å². The molecule has 3 N–H and O–H groups in total. The Morgan fingerprint density at radius 2 is 2.05 bits per heavy atom. The third-order valence-corrected chi connectivity index (χ3v) is 3.78. The minimum Gasteiger partial charge on any atom is -0.389 e. The Bertz CT molecular complexity index is 690. The van der Waals surface area contributed by atoms with Crippen molar-refractivity contribution in [1.29, 1.82) is 0 Å². The molecule has 104 valence electrons. The van der Waals surface area contributed by atoms with Gasteiger partial charge >= 0.3 is 0 Å². The van der Waals surface area contributed by atoms with Crippen LogP contribution in [0.1, 0.15) is 16.8 Å². The lowest BCUT2D eigenvalue weighted by molar-refractivity contribution is 0.628. The van der Waals surface area contributed by atoms with Crippen LogP contribution in [-0.4, -0.2) is 15.2 Å². The molecule has 0 aliphatic heterocycles. The van der Waals surface area contributed by atoms with Gasteiger partial charge in [0.25, 0.3) is 0 Å². The van der Waals surface area contributed by atoms with Gasteiger partial charge in [-0.1, -0.05) is 12.2 Å². The zero-order chi connectivity index (χ0) is 14.9. The van der Waals surface area contributed by atoms with E-state index in [1.54, 1.807) is 6.07 Å². The number of nitrogens with two attached hydrogens (primary N) is 1. The molecule has 2 aromatic rings. The highest BCUT2D eigenvalue weighted by Gasteiger charge is 2.15. The Balaban J connectivity index is 2.51. The van der Waals surface area contributed by atoms with Crippen LogP contribution < -0.4 is 11.1 Å². The number of nitrogens with zero attached hydrogens (tertiary/aromatic N) is 2. The molecule has 0 bridgehead atoms. The summed E-state index contributed by atoms with van der Waals surface area (Å²) >= 11 is 8.40. The molecule has 0 spiro atoms. The van der Waals surface area contributed by atoms with Crippen LogP contribution in [0.15, 0.2) is 22.7 Å². The molecule has 0 amide bonds. The Morgan fingerprint density at radius 3 is 2.70 bits per heavy atom. The monoisotopic (exact) mass is 354 g/mol. The summed E-state index contributed by atoms with van der Waals surface area (Å²) in [6.07, 6.45) is 0. The van der Waals surface area contributed by atoms with Crippen LogP contribution in [0.5, 0.6) is 0 Å². The van der Waals surface area contributed by atoms with Gasteiger partial charge in [-0.2, -0.15) is 5.10 Å². The molecule has 0 saturated carbocycles. The lowest BCUT2D eigenvalue weighted by Crippen LogP contribution is -2.17. The van der Waals surface area contributed by atoms with Crippen LogP contribution in [0.2, 0.25) is 0 Å². The molecule has 4 nitrogen and oxygen atoms in total. The predicted octanol–water partition coefficient (Wildman–Crippen LogP) is 3.37. The van der Waals surface area contributed by atoms with Gasteiger partial charge in [-0.25, -0.2) is 4.39 Å². The average Bonchev–Trinajstić information content (AvgIpc) is 2.38. The molecule has 1 heterocycles. The maximum Gasteiger partial charge on any atom is 0.163 e. The van der Waals surface area contributed by atoms with Gasteiger partial charge in [-0.15, -0.1) is 5.10 Å². The van der Waals surface area contributed by atoms with Crippen molar-refractivity contribution in [2.45, 2.75) is 13.8 Å². The summed E-state index contributed by atoms with van der Waals surface area (Å²) in [6, 6.07) is 4.31. The number of nitrogens with one attached hydrogen (secondary N) is 1. The highest BCUT2D eigenvalue weighted by Crippen LogP contribution is 2.28. The van der Waals surface area contributed by atoms with Crippen LogP contribution in [-0.2, 0) is 0 Å². The van der Waals surface area contributed by atoms with Gasteiger partial charge in [0.2, 0.25) is 0 Å². The van der Waals surface area contributed by atoms with E-state index in [4.69, 9.17) is 18.0 Å². The molecule has 0 radical (unpaired) electrons. The molecule has 20 heavy (non-hydrogen) atoms. The molecule has 7 heteroatoms. The fourth-order valence-corrected chi connectivity index (χ4v) is 2.31. The topological polar surface area (TPSA) is 63.8 Å².